The van der Waals surface area contributed by atoms with Crippen LogP contribution < -0.4 is 12.4 Å². The van der Waals surface area contributed by atoms with Gasteiger partial charge in [-0.05, 0) is 0 Å². The van der Waals surface area contributed by atoms with Crippen molar-refractivity contribution < 1.29 is 49.9 Å². The number of rotatable bonds is 14. The van der Waals surface area contributed by atoms with E-state index in [9.17, 15) is 0 Å². The zero-order valence-electron chi connectivity index (χ0n) is 14.3. The molecule has 0 aromatic rings. The van der Waals surface area contributed by atoms with E-state index < -0.39 is 37.5 Å². The van der Waals surface area contributed by atoms with Gasteiger partial charge >= 0.3 is 145 Å². The minimum Gasteiger partial charge on any atom is -1.00 e. The van der Waals surface area contributed by atoms with Gasteiger partial charge < -0.3 is 12.4 Å². The summed E-state index contributed by atoms with van der Waals surface area (Å²) in [7, 11) is 0. The molecule has 0 N–H and O–H groups in total. The molecule has 0 unspecified atom stereocenters. The molecule has 0 aromatic carbocycles. The molecule has 0 amide bonds. The first kappa shape index (κ1) is 23.8. The van der Waals surface area contributed by atoms with E-state index in [0.717, 1.165) is 0 Å². The second-order valence-electron chi connectivity index (χ2n) is 5.49. The van der Waals surface area contributed by atoms with Crippen molar-refractivity contribution in [2.24, 2.45) is 0 Å². The first-order valence-electron chi connectivity index (χ1n) is 8.54. The molecule has 121 valence electrons. The number of hydrogen-bond donors (Lipinski definition) is 0. The molecule has 0 aliphatic carbocycles. The Hall–Kier alpha value is 1.56. The van der Waals surface area contributed by atoms with Crippen LogP contribution in [0, 0.1) is 37.5 Å². The Morgan fingerprint density at radius 2 is 0.800 bits per heavy atom. The van der Waals surface area contributed by atoms with Gasteiger partial charge in [-0.3, -0.25) is 0 Å². The number of halogens is 1. The molecule has 0 aliphatic heterocycles. The van der Waals surface area contributed by atoms with E-state index in [-0.39, 0.29) is 12.4 Å². The molecule has 0 rings (SSSR count). The van der Waals surface area contributed by atoms with E-state index >= 15 is 0 Å². The Kier molecular flexibility index (Phi) is 22.2. The van der Waals surface area contributed by atoms with Crippen molar-refractivity contribution in [3.8, 4) is 0 Å². The number of unbranched alkanes of at least 4 members (excludes halogenated alkanes) is 4. The molecule has 0 bridgehead atoms. The van der Waals surface area contributed by atoms with E-state index in [1.807, 2.05) is 0 Å². The van der Waals surface area contributed by atoms with Gasteiger partial charge in [0.25, 0.3) is 0 Å². The van der Waals surface area contributed by atoms with Crippen LogP contribution in [0.3, 0.4) is 0 Å². The summed E-state index contributed by atoms with van der Waals surface area (Å²) < 4.78 is 5.75. The van der Waals surface area contributed by atoms with E-state index in [1.54, 1.807) is 0 Å². The molecule has 0 atom stereocenters. The minimum atomic E-state index is -0.723. The second-order valence-corrected chi connectivity index (χ2v) is 10.2. The van der Waals surface area contributed by atoms with Crippen LogP contribution in [-0.2, 0) is 0 Å². The van der Waals surface area contributed by atoms with E-state index in [2.05, 4.69) is 29.7 Å². The molecule has 0 radical (unpaired) electrons. The Bertz CT molecular complexity index is 148. The molecule has 0 aromatic heterocycles. The van der Waals surface area contributed by atoms with Gasteiger partial charge in [-0.2, -0.15) is 0 Å². The largest absolute Gasteiger partial charge is 1.00 e. The minimum absolute atomic E-state index is 0. The smallest absolute Gasteiger partial charge is 1.00 e. The average Bonchev–Trinajstić information content (AvgIpc) is 2.44. The van der Waals surface area contributed by atoms with Gasteiger partial charge in [-0.25, -0.2) is 0 Å². The summed E-state index contributed by atoms with van der Waals surface area (Å²) in [4.78, 5) is 0. The Labute approximate surface area is 155 Å². The topological polar surface area (TPSA) is 6.48 Å². The van der Waals surface area contributed by atoms with Gasteiger partial charge in [0.2, 0.25) is 0 Å². The zero-order chi connectivity index (χ0) is 14.3. The summed E-state index contributed by atoms with van der Waals surface area (Å²) in [5.74, 6) is 0. The van der Waals surface area contributed by atoms with Gasteiger partial charge in [0.15, 0.2) is 0 Å². The van der Waals surface area contributed by atoms with Crippen LogP contribution in [0.2, 0.25) is 0 Å². The van der Waals surface area contributed by atoms with Gasteiger partial charge in [0.05, 0.1) is 0 Å². The summed E-state index contributed by atoms with van der Waals surface area (Å²) >= 11 is -0.723. The van der Waals surface area contributed by atoms with Crippen LogP contribution in [-0.4, -0.2) is 28.1 Å². The Morgan fingerprint density at radius 1 is 0.550 bits per heavy atom. The van der Waals surface area contributed by atoms with Crippen LogP contribution in [0.5, 0.6) is 0 Å². The summed E-state index contributed by atoms with van der Waals surface area (Å²) in [5.41, 5.74) is 0. The van der Waals surface area contributed by atoms with Crippen molar-refractivity contribution in [2.45, 2.75) is 79.1 Å². The molecule has 4 heteroatoms. The number of hydrogen-bond acceptors (Lipinski definition) is 2. The molecule has 20 heavy (non-hydrogen) atoms. The predicted molar refractivity (Wildman–Crippen MR) is 82.8 cm³/mol. The maximum atomic E-state index is 2.87. The van der Waals surface area contributed by atoms with Crippen LogP contribution in [0.25, 0.3) is 0 Å². The van der Waals surface area contributed by atoms with Gasteiger partial charge in [0, 0.05) is 0 Å². The second kappa shape index (κ2) is 18.6. The summed E-state index contributed by atoms with van der Waals surface area (Å²) in [6, 6.07) is 0. The van der Waals surface area contributed by atoms with Crippen molar-refractivity contribution >= 4 is 0 Å². The van der Waals surface area contributed by atoms with Crippen molar-refractivity contribution in [3.63, 3.8) is 0 Å². The average molecular weight is 436 g/mol. The fourth-order valence-corrected chi connectivity index (χ4v) is 6.61. The van der Waals surface area contributed by atoms with E-state index in [0.29, 0.717) is 0 Å². The standard InChI is InChI=1S/2C8H18N.ClH.Nd/c2*1-3-5-7-9-8-6-4-2;;/h2*3-8H2,1-2H3;1H;/q2*-1;;+3/p-1. The van der Waals surface area contributed by atoms with Gasteiger partial charge in [0.1, 0.15) is 0 Å². The zero-order valence-corrected chi connectivity index (χ0v) is 18.2. The molecule has 0 fully saturated rings. The fourth-order valence-electron chi connectivity index (χ4n) is 2.02. The maximum absolute atomic E-state index is 2.87. The maximum Gasteiger partial charge on any atom is -1.00 e. The molecular weight excluding hydrogens is 400 g/mol. The molecule has 0 saturated heterocycles. The van der Waals surface area contributed by atoms with Gasteiger partial charge in [-0.1, -0.05) is 0 Å². The monoisotopic (exact) mass is 433 g/mol. The predicted octanol–water partition coefficient (Wildman–Crippen LogP) is 1.71. The third-order valence-electron chi connectivity index (χ3n) is 3.41. The van der Waals surface area contributed by atoms with Crippen molar-refractivity contribution in [1.82, 2.24) is 1.97 Å². The Balaban J connectivity index is 0. The third kappa shape index (κ3) is 14.5. The molecule has 0 saturated carbocycles. The summed E-state index contributed by atoms with van der Waals surface area (Å²) in [6.45, 7) is 14.7. The van der Waals surface area contributed by atoms with Crippen LogP contribution in [0.4, 0.5) is 0 Å². The Morgan fingerprint density at radius 3 is 1.00 bits per heavy atom. The normalized spacial score (nSPS) is 10.7. The quantitative estimate of drug-likeness (QED) is 0.410. The van der Waals surface area contributed by atoms with Crippen molar-refractivity contribution in [1.29, 1.82) is 0 Å². The third-order valence-corrected chi connectivity index (χ3v) is 8.09. The van der Waals surface area contributed by atoms with Crippen LogP contribution in [0.15, 0.2) is 0 Å². The van der Waals surface area contributed by atoms with Crippen molar-refractivity contribution in [3.05, 3.63) is 0 Å². The molecular formula is C16H36ClN2Nd. The number of nitrogens with zero attached hydrogens (tertiary/aromatic N) is 2. The van der Waals surface area contributed by atoms with Gasteiger partial charge in [-0.15, -0.1) is 0 Å². The first-order chi connectivity index (χ1) is 9.28. The fraction of sp³-hybridized carbons (Fsp3) is 1.00. The van der Waals surface area contributed by atoms with E-state index in [4.69, 9.17) is 0 Å². The molecule has 2 nitrogen and oxygen atoms in total. The summed E-state index contributed by atoms with van der Waals surface area (Å²) in [5, 5.41) is 0. The first-order valence-corrected chi connectivity index (χ1v) is 11.4. The van der Waals surface area contributed by atoms with Crippen LogP contribution >= 0.6 is 0 Å². The van der Waals surface area contributed by atoms with E-state index in [1.165, 1.54) is 77.5 Å². The van der Waals surface area contributed by atoms with Crippen LogP contribution in [0.1, 0.15) is 79.1 Å². The molecule has 0 spiro atoms. The SMILES string of the molecule is CCCC[N](CCCC)[Nd+][N](CCCC)CCCC.[Cl-]. The van der Waals surface area contributed by atoms with Crippen molar-refractivity contribution in [2.75, 3.05) is 26.2 Å². The molecule has 0 heterocycles. The summed E-state index contributed by atoms with van der Waals surface area (Å²) in [6.07, 6.45) is 11.0. The molecule has 0 aliphatic rings.